The van der Waals surface area contributed by atoms with E-state index in [0.29, 0.717) is 16.3 Å². The highest BCUT2D eigenvalue weighted by atomic mass is 32.2. The van der Waals surface area contributed by atoms with E-state index in [2.05, 4.69) is 10.3 Å². The molecule has 0 saturated heterocycles. The van der Waals surface area contributed by atoms with Crippen LogP contribution in [-0.4, -0.2) is 21.1 Å². The number of benzene rings is 1. The summed E-state index contributed by atoms with van der Waals surface area (Å²) in [6, 6.07) is 10.9. The molecule has 0 aliphatic carbocycles. The first-order chi connectivity index (χ1) is 11.0. The molecule has 1 heterocycles. The van der Waals surface area contributed by atoms with Crippen molar-refractivity contribution in [1.82, 2.24) is 4.98 Å². The lowest BCUT2D eigenvalue weighted by Gasteiger charge is -2.11. The highest BCUT2D eigenvalue weighted by molar-refractivity contribution is 8.00. The number of rotatable bonds is 5. The molecule has 8 heteroatoms. The number of anilines is 1. The second-order valence-electron chi connectivity index (χ2n) is 4.55. The third-order valence-corrected chi connectivity index (χ3v) is 3.89. The molecule has 2 aromatic rings. The highest BCUT2D eigenvalue weighted by Crippen LogP contribution is 2.23. The molecule has 1 aromatic carbocycles. The van der Waals surface area contributed by atoms with Crippen LogP contribution < -0.4 is 5.32 Å². The van der Waals surface area contributed by atoms with Crippen LogP contribution in [0.4, 0.5) is 11.4 Å². The zero-order chi connectivity index (χ0) is 16.8. The van der Waals surface area contributed by atoms with Crippen molar-refractivity contribution in [2.45, 2.75) is 17.2 Å². The van der Waals surface area contributed by atoms with Crippen molar-refractivity contribution in [3.8, 4) is 6.07 Å². The Morgan fingerprint density at radius 1 is 1.43 bits per heavy atom. The number of aromatic nitrogens is 1. The molecule has 0 fully saturated rings. The maximum absolute atomic E-state index is 12.2. The Bertz CT molecular complexity index is 788. The molecular formula is C15H12N4O3S. The van der Waals surface area contributed by atoms with Crippen LogP contribution in [0.1, 0.15) is 12.5 Å². The molecular weight excluding hydrogens is 316 g/mol. The molecule has 2 rings (SSSR count). The number of nitrogens with zero attached hydrogens (tertiary/aromatic N) is 3. The largest absolute Gasteiger partial charge is 0.325 e. The molecule has 0 spiro atoms. The minimum atomic E-state index is -0.523. The number of nitrogens with one attached hydrogen (secondary N) is 1. The van der Waals surface area contributed by atoms with E-state index in [1.807, 2.05) is 6.07 Å². The topological polar surface area (TPSA) is 109 Å². The van der Waals surface area contributed by atoms with Gasteiger partial charge in [0.2, 0.25) is 5.91 Å². The minimum absolute atomic E-state index is 0.0912. The van der Waals surface area contributed by atoms with E-state index in [0.717, 1.165) is 0 Å². The summed E-state index contributed by atoms with van der Waals surface area (Å²) in [5, 5.41) is 22.3. The van der Waals surface area contributed by atoms with E-state index in [9.17, 15) is 14.9 Å². The van der Waals surface area contributed by atoms with E-state index >= 15 is 0 Å². The summed E-state index contributed by atoms with van der Waals surface area (Å²) in [7, 11) is 0. The van der Waals surface area contributed by atoms with Gasteiger partial charge in [-0.1, -0.05) is 17.8 Å². The van der Waals surface area contributed by atoms with Crippen LogP contribution in [0, 0.1) is 21.4 Å². The molecule has 1 aromatic heterocycles. The van der Waals surface area contributed by atoms with Crippen molar-refractivity contribution >= 4 is 29.0 Å². The molecule has 0 aliphatic rings. The molecule has 1 N–H and O–H groups in total. The quantitative estimate of drug-likeness (QED) is 0.513. The average Bonchev–Trinajstić information content (AvgIpc) is 2.55. The Morgan fingerprint density at radius 2 is 2.22 bits per heavy atom. The summed E-state index contributed by atoms with van der Waals surface area (Å²) >= 11 is 1.20. The number of carbonyl (C=O) groups excluding carboxylic acids is 1. The van der Waals surface area contributed by atoms with Crippen molar-refractivity contribution < 1.29 is 9.72 Å². The number of non-ortho nitro benzene ring substituents is 1. The van der Waals surface area contributed by atoms with Crippen molar-refractivity contribution in [1.29, 1.82) is 5.26 Å². The number of hydrogen-bond donors (Lipinski definition) is 1. The molecule has 1 unspecified atom stereocenters. The number of nitro benzene ring substituents is 1. The lowest BCUT2D eigenvalue weighted by atomic mass is 10.2. The van der Waals surface area contributed by atoms with Gasteiger partial charge in [-0.05, 0) is 25.1 Å². The summed E-state index contributed by atoms with van der Waals surface area (Å²) in [6.07, 6.45) is 1.51. The zero-order valence-corrected chi connectivity index (χ0v) is 12.9. The van der Waals surface area contributed by atoms with Gasteiger partial charge in [0.1, 0.15) is 0 Å². The molecule has 7 nitrogen and oxygen atoms in total. The van der Waals surface area contributed by atoms with Crippen molar-refractivity contribution in [3.63, 3.8) is 0 Å². The first kappa shape index (κ1) is 16.5. The van der Waals surface area contributed by atoms with Crippen LogP contribution in [-0.2, 0) is 4.79 Å². The van der Waals surface area contributed by atoms with Crippen LogP contribution in [0.15, 0.2) is 47.6 Å². The van der Waals surface area contributed by atoms with Crippen LogP contribution in [0.25, 0.3) is 0 Å². The number of nitriles is 1. The number of thioether (sulfide) groups is 1. The minimum Gasteiger partial charge on any atom is -0.325 e. The number of pyridine rings is 1. The lowest BCUT2D eigenvalue weighted by molar-refractivity contribution is -0.384. The number of hydrogen-bond acceptors (Lipinski definition) is 6. The van der Waals surface area contributed by atoms with Gasteiger partial charge in [-0.2, -0.15) is 5.26 Å². The Hall–Kier alpha value is -2.92. The summed E-state index contributed by atoms with van der Waals surface area (Å²) < 4.78 is 0. The predicted octanol–water partition coefficient (Wildman–Crippen LogP) is 2.98. The molecule has 116 valence electrons. The number of nitro groups is 1. The molecule has 0 bridgehead atoms. The number of carbonyl (C=O) groups is 1. The third-order valence-electron chi connectivity index (χ3n) is 2.86. The normalized spacial score (nSPS) is 11.3. The first-order valence-electron chi connectivity index (χ1n) is 6.57. The van der Waals surface area contributed by atoms with Crippen LogP contribution in [0.2, 0.25) is 0 Å². The Balaban J connectivity index is 2.04. The fraction of sp³-hybridized carbons (Fsp3) is 0.133. The smallest absolute Gasteiger partial charge is 0.271 e. The maximum atomic E-state index is 12.2. The van der Waals surface area contributed by atoms with E-state index in [-0.39, 0.29) is 11.6 Å². The van der Waals surface area contributed by atoms with Crippen LogP contribution >= 0.6 is 11.8 Å². The van der Waals surface area contributed by atoms with Gasteiger partial charge in [0.25, 0.3) is 5.69 Å². The van der Waals surface area contributed by atoms with Gasteiger partial charge >= 0.3 is 0 Å². The second-order valence-corrected chi connectivity index (χ2v) is 5.91. The molecule has 0 saturated carbocycles. The lowest BCUT2D eigenvalue weighted by Crippen LogP contribution is -2.22. The van der Waals surface area contributed by atoms with E-state index in [1.165, 1.54) is 36.2 Å². The van der Waals surface area contributed by atoms with E-state index < -0.39 is 10.2 Å². The molecule has 1 atom stereocenters. The third kappa shape index (κ3) is 4.52. The monoisotopic (exact) mass is 328 g/mol. The van der Waals surface area contributed by atoms with Gasteiger partial charge in [-0.15, -0.1) is 0 Å². The second kappa shape index (κ2) is 7.38. The highest BCUT2D eigenvalue weighted by Gasteiger charge is 2.16. The van der Waals surface area contributed by atoms with E-state index in [4.69, 9.17) is 5.26 Å². The zero-order valence-electron chi connectivity index (χ0n) is 12.1. The molecule has 0 radical (unpaired) electrons. The Morgan fingerprint density at radius 3 is 2.91 bits per heavy atom. The standard InChI is InChI=1S/C15H12N4O3S/c1-10(23-14-7-11(9-16)5-6-17-14)15(20)18-12-3-2-4-13(8-12)19(21)22/h2-8,10H,1H3,(H,18,20). The Labute approximate surface area is 136 Å². The van der Waals surface area contributed by atoms with Crippen LogP contribution in [0.5, 0.6) is 0 Å². The van der Waals surface area contributed by atoms with Crippen molar-refractivity contribution in [2.75, 3.05) is 5.32 Å². The van der Waals surface area contributed by atoms with Gasteiger partial charge in [-0.3, -0.25) is 14.9 Å². The maximum Gasteiger partial charge on any atom is 0.271 e. The van der Waals surface area contributed by atoms with Gasteiger partial charge in [0, 0.05) is 24.0 Å². The fourth-order valence-electron chi connectivity index (χ4n) is 1.72. The Kier molecular flexibility index (Phi) is 5.28. The van der Waals surface area contributed by atoms with Gasteiger partial charge < -0.3 is 5.32 Å². The summed E-state index contributed by atoms with van der Waals surface area (Å²) in [5.41, 5.74) is 0.732. The van der Waals surface area contributed by atoms with Gasteiger partial charge in [0.15, 0.2) is 0 Å². The van der Waals surface area contributed by atoms with Crippen molar-refractivity contribution in [2.24, 2.45) is 0 Å². The van der Waals surface area contributed by atoms with E-state index in [1.54, 1.807) is 25.1 Å². The number of amides is 1. The van der Waals surface area contributed by atoms with Crippen molar-refractivity contribution in [3.05, 3.63) is 58.3 Å². The summed E-state index contributed by atoms with van der Waals surface area (Å²) in [5.74, 6) is -0.306. The SMILES string of the molecule is CC(Sc1cc(C#N)ccn1)C(=O)Nc1cccc([N+](=O)[O-])c1. The predicted molar refractivity (Wildman–Crippen MR) is 86.0 cm³/mol. The molecule has 1 amide bonds. The van der Waals surface area contributed by atoms with Gasteiger partial charge in [0.05, 0.1) is 26.8 Å². The first-order valence-corrected chi connectivity index (χ1v) is 7.45. The average molecular weight is 328 g/mol. The van der Waals surface area contributed by atoms with Gasteiger partial charge in [-0.25, -0.2) is 4.98 Å². The fourth-order valence-corrected chi connectivity index (χ4v) is 2.56. The summed E-state index contributed by atoms with van der Waals surface area (Å²) in [4.78, 5) is 26.5. The molecule has 23 heavy (non-hydrogen) atoms. The van der Waals surface area contributed by atoms with Crippen LogP contribution in [0.3, 0.4) is 0 Å². The molecule has 0 aliphatic heterocycles. The summed E-state index contributed by atoms with van der Waals surface area (Å²) in [6.45, 7) is 1.69.